The van der Waals surface area contributed by atoms with Crippen molar-refractivity contribution in [2.45, 2.75) is 97.0 Å². The van der Waals surface area contributed by atoms with Gasteiger partial charge in [-0.2, -0.15) is 5.11 Å². The molecule has 3 rings (SSSR count). The Morgan fingerprint density at radius 2 is 1.85 bits per heavy atom. The van der Waals surface area contributed by atoms with Crippen molar-refractivity contribution in [1.82, 2.24) is 0 Å². The summed E-state index contributed by atoms with van der Waals surface area (Å²) in [6.07, 6.45) is 8.58. The van der Waals surface area contributed by atoms with E-state index in [0.717, 1.165) is 24.8 Å². The Morgan fingerprint density at radius 3 is 2.50 bits per heavy atom. The molecule has 1 unspecified atom stereocenters. The van der Waals surface area contributed by atoms with Crippen LogP contribution in [0, 0.1) is 5.92 Å². The van der Waals surface area contributed by atoms with Crippen LogP contribution in [0.4, 0.5) is 0 Å². The number of ether oxygens (including phenoxy) is 3. The largest absolute Gasteiger partial charge is 0.415 e. The lowest BCUT2D eigenvalue weighted by atomic mass is 9.66. The lowest BCUT2D eigenvalue weighted by Gasteiger charge is -2.44. The highest BCUT2D eigenvalue weighted by Crippen LogP contribution is 2.45. The minimum absolute atomic E-state index is 0.0233. The quantitative estimate of drug-likeness (QED) is 0.213. The number of azo groups is 1. The molecule has 0 aromatic heterocycles. The molecule has 1 saturated carbocycles. The first-order chi connectivity index (χ1) is 16.0. The monoisotopic (exact) mass is 468 g/mol. The molecule has 1 aliphatic heterocycles. The van der Waals surface area contributed by atoms with Crippen LogP contribution in [0.25, 0.3) is 0 Å². The molecular formula is C28H40N2O4. The van der Waals surface area contributed by atoms with Gasteiger partial charge in [0, 0.05) is 0 Å². The number of hydrogen-bond acceptors (Lipinski definition) is 6. The van der Waals surface area contributed by atoms with E-state index in [-0.39, 0.29) is 17.3 Å². The molecule has 1 aliphatic carbocycles. The van der Waals surface area contributed by atoms with E-state index in [1.807, 2.05) is 26.8 Å². The highest BCUT2D eigenvalue weighted by molar-refractivity contribution is 5.87. The molecule has 0 saturated heterocycles. The number of hydrogen-bond donors (Lipinski definition) is 0. The van der Waals surface area contributed by atoms with Crippen LogP contribution in [0.2, 0.25) is 0 Å². The van der Waals surface area contributed by atoms with E-state index in [4.69, 9.17) is 14.2 Å². The Morgan fingerprint density at radius 1 is 1.15 bits per heavy atom. The number of nitrogens with zero attached hydrogens (tertiary/aromatic N) is 2. The first kappa shape index (κ1) is 26.5. The van der Waals surface area contributed by atoms with Gasteiger partial charge in [0.2, 0.25) is 0 Å². The van der Waals surface area contributed by atoms with Crippen LogP contribution in [0.5, 0.6) is 0 Å². The molecule has 0 radical (unpaired) electrons. The second-order valence-electron chi connectivity index (χ2n) is 10.5. The molecule has 0 spiro atoms. The normalized spacial score (nSPS) is 27.4. The third kappa shape index (κ3) is 6.94. The fourth-order valence-electron chi connectivity index (χ4n) is 4.79. The number of benzene rings is 1. The van der Waals surface area contributed by atoms with Crippen LogP contribution in [0.1, 0.15) is 79.2 Å². The average Bonchev–Trinajstić information content (AvgIpc) is 3.08. The summed E-state index contributed by atoms with van der Waals surface area (Å²) in [5, 5.41) is 8.65. The maximum atomic E-state index is 11.1. The van der Waals surface area contributed by atoms with Gasteiger partial charge in [-0.3, -0.25) is 9.53 Å². The third-order valence-electron chi connectivity index (χ3n) is 6.73. The van der Waals surface area contributed by atoms with Gasteiger partial charge in [-0.25, -0.2) is 0 Å². The van der Waals surface area contributed by atoms with Crippen LogP contribution < -0.4 is 0 Å². The summed E-state index contributed by atoms with van der Waals surface area (Å²) in [4.78, 5) is 11.1. The van der Waals surface area contributed by atoms with Gasteiger partial charge in [-0.15, -0.1) is 0 Å². The van der Waals surface area contributed by atoms with E-state index in [1.54, 1.807) is 12.2 Å². The standard InChI is InChI=1S/C28H40N2O4/c1-21(13-12-14-22(2)31)19-20-32-28(30-29-27(5,6)34-28)33-25-18-11-10-17-24(25)26(3,4)23-15-8-7-9-16-23/h7-9,12-16,24-25H,10-11,17-20H2,1-6H3/b14-12+,21-13-/t24-,25-,28?/m0/s1. The summed E-state index contributed by atoms with van der Waals surface area (Å²) in [6.45, 7) is 12.2. The average molecular weight is 469 g/mol. The van der Waals surface area contributed by atoms with Crippen LogP contribution >= 0.6 is 0 Å². The topological polar surface area (TPSA) is 69.5 Å². The van der Waals surface area contributed by atoms with Crippen molar-refractivity contribution in [2.75, 3.05) is 6.61 Å². The minimum Gasteiger partial charge on any atom is -0.306 e. The Bertz CT molecular complexity index is 920. The number of allylic oxidation sites excluding steroid dienone is 3. The molecule has 1 aromatic rings. The fraction of sp³-hybridized carbons (Fsp3) is 0.607. The number of rotatable bonds is 10. The van der Waals surface area contributed by atoms with Crippen LogP contribution in [-0.2, 0) is 24.4 Å². The number of carbonyl (C=O) groups excluding carboxylic acids is 1. The smallest absolute Gasteiger partial charge is 0.306 e. The van der Waals surface area contributed by atoms with Gasteiger partial charge in [-0.05, 0) is 69.9 Å². The molecular weight excluding hydrogens is 428 g/mol. The predicted octanol–water partition coefficient (Wildman–Crippen LogP) is 6.87. The SMILES string of the molecule is CC(=O)/C=C/C=C(/C)CCOC1(O[C@H]2CCCC[C@@H]2C(C)(C)c2ccccc2)N=NC(C)(C)O1. The Balaban J connectivity index is 1.74. The summed E-state index contributed by atoms with van der Waals surface area (Å²) in [5.41, 5.74) is 1.51. The van der Waals surface area contributed by atoms with Gasteiger partial charge >= 0.3 is 6.10 Å². The lowest BCUT2D eigenvalue weighted by molar-refractivity contribution is -0.403. The van der Waals surface area contributed by atoms with E-state index in [0.29, 0.717) is 18.9 Å². The molecule has 6 heteroatoms. The zero-order valence-electron chi connectivity index (χ0n) is 21.5. The molecule has 1 fully saturated rings. The molecule has 2 aliphatic rings. The van der Waals surface area contributed by atoms with E-state index in [9.17, 15) is 4.79 Å². The molecule has 186 valence electrons. The first-order valence-corrected chi connectivity index (χ1v) is 12.4. The Hall–Kier alpha value is -2.15. The summed E-state index contributed by atoms with van der Waals surface area (Å²) >= 11 is 0. The first-order valence-electron chi connectivity index (χ1n) is 12.4. The summed E-state index contributed by atoms with van der Waals surface area (Å²) in [5.74, 6) is 0.320. The molecule has 6 nitrogen and oxygen atoms in total. The lowest BCUT2D eigenvalue weighted by Crippen LogP contribution is -2.48. The molecule has 1 heterocycles. The van der Waals surface area contributed by atoms with Gasteiger partial charge < -0.3 is 9.47 Å². The van der Waals surface area contributed by atoms with E-state index in [2.05, 4.69) is 54.4 Å². The van der Waals surface area contributed by atoms with Crippen molar-refractivity contribution < 1.29 is 19.0 Å². The highest BCUT2D eigenvalue weighted by Gasteiger charge is 2.51. The number of carbonyl (C=O) groups is 1. The zero-order valence-corrected chi connectivity index (χ0v) is 21.5. The molecule has 3 atom stereocenters. The van der Waals surface area contributed by atoms with Crippen molar-refractivity contribution in [3.63, 3.8) is 0 Å². The summed E-state index contributed by atoms with van der Waals surface area (Å²) in [6, 6.07) is 10.6. The minimum atomic E-state index is -1.54. The molecule has 0 bridgehead atoms. The van der Waals surface area contributed by atoms with Crippen molar-refractivity contribution in [3.05, 3.63) is 59.7 Å². The molecule has 1 aromatic carbocycles. The van der Waals surface area contributed by atoms with Crippen LogP contribution in [-0.4, -0.2) is 30.3 Å². The van der Waals surface area contributed by atoms with Gasteiger partial charge in [0.25, 0.3) is 0 Å². The predicted molar refractivity (Wildman–Crippen MR) is 133 cm³/mol. The molecule has 0 N–H and O–H groups in total. The zero-order chi connectivity index (χ0) is 24.8. The Kier molecular flexibility index (Phi) is 8.61. The van der Waals surface area contributed by atoms with Crippen molar-refractivity contribution >= 4 is 5.78 Å². The van der Waals surface area contributed by atoms with Gasteiger partial charge in [0.1, 0.15) is 0 Å². The maximum absolute atomic E-state index is 11.1. The number of ketones is 1. The van der Waals surface area contributed by atoms with Crippen molar-refractivity contribution in [2.24, 2.45) is 16.1 Å². The third-order valence-corrected chi connectivity index (χ3v) is 6.73. The van der Waals surface area contributed by atoms with Gasteiger partial charge in [0.05, 0.1) is 12.7 Å². The Labute approximate surface area is 204 Å². The van der Waals surface area contributed by atoms with E-state index < -0.39 is 11.8 Å². The van der Waals surface area contributed by atoms with Crippen molar-refractivity contribution in [3.8, 4) is 0 Å². The molecule has 0 amide bonds. The van der Waals surface area contributed by atoms with E-state index in [1.165, 1.54) is 18.9 Å². The summed E-state index contributed by atoms with van der Waals surface area (Å²) in [7, 11) is 0. The van der Waals surface area contributed by atoms with Crippen molar-refractivity contribution in [1.29, 1.82) is 0 Å². The highest BCUT2D eigenvalue weighted by atomic mass is 16.9. The molecule has 34 heavy (non-hydrogen) atoms. The maximum Gasteiger partial charge on any atom is 0.415 e. The second-order valence-corrected chi connectivity index (χ2v) is 10.5. The summed E-state index contributed by atoms with van der Waals surface area (Å²) < 4.78 is 18.9. The van der Waals surface area contributed by atoms with Gasteiger partial charge in [0.15, 0.2) is 11.5 Å². The van der Waals surface area contributed by atoms with Crippen LogP contribution in [0.15, 0.2) is 64.4 Å². The van der Waals surface area contributed by atoms with E-state index >= 15 is 0 Å². The fourth-order valence-corrected chi connectivity index (χ4v) is 4.79. The second kappa shape index (κ2) is 11.1. The van der Waals surface area contributed by atoms with Gasteiger partial charge in [-0.1, -0.05) is 79.9 Å². The van der Waals surface area contributed by atoms with Crippen LogP contribution in [0.3, 0.4) is 0 Å².